The molecule has 2 heterocycles. The lowest BCUT2D eigenvalue weighted by Crippen LogP contribution is -2.55. The van der Waals surface area contributed by atoms with Crippen molar-refractivity contribution >= 4 is 17.4 Å². The molecular weight excluding hydrogens is 332 g/mol. The summed E-state index contributed by atoms with van der Waals surface area (Å²) in [5.74, 6) is 0. The molecule has 4 nitrogen and oxygen atoms in total. The molecule has 2 fully saturated rings. The molecule has 1 N–H and O–H groups in total. The van der Waals surface area contributed by atoms with Gasteiger partial charge in [0.1, 0.15) is 0 Å². The minimum absolute atomic E-state index is 0.0110. The number of amides is 2. The van der Waals surface area contributed by atoms with Gasteiger partial charge in [-0.15, -0.1) is 11.3 Å². The maximum atomic E-state index is 13.0. The van der Waals surface area contributed by atoms with Crippen molar-refractivity contribution in [1.29, 1.82) is 0 Å². The van der Waals surface area contributed by atoms with Gasteiger partial charge in [-0.1, -0.05) is 49.2 Å². The second-order valence-electron chi connectivity index (χ2n) is 6.97. The monoisotopic (exact) mass is 356 g/mol. The molecule has 2 amide bonds. The van der Waals surface area contributed by atoms with Crippen molar-refractivity contribution in [1.82, 2.24) is 10.2 Å². The van der Waals surface area contributed by atoms with E-state index >= 15 is 0 Å². The Hall–Kier alpha value is -1.85. The van der Waals surface area contributed by atoms with Gasteiger partial charge in [-0.2, -0.15) is 0 Å². The Morgan fingerprint density at radius 1 is 1.16 bits per heavy atom. The van der Waals surface area contributed by atoms with Gasteiger partial charge in [-0.05, 0) is 29.9 Å². The van der Waals surface area contributed by atoms with E-state index in [-0.39, 0.29) is 17.7 Å². The summed E-state index contributed by atoms with van der Waals surface area (Å²) >= 11 is 1.68. The van der Waals surface area contributed by atoms with Crippen LogP contribution in [0.5, 0.6) is 0 Å². The van der Waals surface area contributed by atoms with Crippen LogP contribution >= 0.6 is 11.3 Å². The highest BCUT2D eigenvalue weighted by Crippen LogP contribution is 2.36. The number of ether oxygens (including phenoxy) is 1. The summed E-state index contributed by atoms with van der Waals surface area (Å²) in [4.78, 5) is 16.1. The number of urea groups is 1. The minimum Gasteiger partial charge on any atom is -0.371 e. The zero-order chi connectivity index (χ0) is 17.1. The molecule has 1 aromatic heterocycles. The number of thiophene rings is 1. The Balaban J connectivity index is 1.51. The number of hydrogen-bond acceptors (Lipinski definition) is 3. The average molecular weight is 356 g/mol. The zero-order valence-electron chi connectivity index (χ0n) is 14.3. The Bertz CT molecular complexity index is 696. The maximum Gasteiger partial charge on any atom is 0.318 e. The number of rotatable bonds is 3. The van der Waals surface area contributed by atoms with E-state index < -0.39 is 0 Å². The molecule has 0 bridgehead atoms. The van der Waals surface area contributed by atoms with Gasteiger partial charge in [-0.3, -0.25) is 0 Å². The standard InChI is InChI=1S/C20H24N2O2S/c23-19(22-12-13-24-20(15-22)10-4-5-11-20)21-18(17-9-6-14-25-17)16-7-2-1-3-8-16/h1-3,6-9,14,18H,4-5,10-13,15H2,(H,21,23)/t18-/m0/s1. The lowest BCUT2D eigenvalue weighted by molar-refractivity contribution is -0.0926. The molecule has 2 aromatic rings. The van der Waals surface area contributed by atoms with E-state index in [1.807, 2.05) is 29.2 Å². The quantitative estimate of drug-likeness (QED) is 0.896. The highest BCUT2D eigenvalue weighted by atomic mass is 32.1. The van der Waals surface area contributed by atoms with Crippen molar-refractivity contribution in [3.8, 4) is 0 Å². The fraction of sp³-hybridized carbons (Fsp3) is 0.450. The number of hydrogen-bond donors (Lipinski definition) is 1. The number of nitrogens with one attached hydrogen (secondary N) is 1. The Morgan fingerprint density at radius 3 is 2.68 bits per heavy atom. The first-order valence-corrected chi connectivity index (χ1v) is 9.92. The Labute approximate surface area is 152 Å². The van der Waals surface area contributed by atoms with E-state index in [0.29, 0.717) is 19.7 Å². The molecular formula is C20H24N2O2S. The van der Waals surface area contributed by atoms with Crippen molar-refractivity contribution in [2.45, 2.75) is 37.3 Å². The lowest BCUT2D eigenvalue weighted by atomic mass is 10.00. The summed E-state index contributed by atoms with van der Waals surface area (Å²) in [6, 6.07) is 14.2. The largest absolute Gasteiger partial charge is 0.371 e. The molecule has 2 aliphatic rings. The van der Waals surface area contributed by atoms with Crippen LogP contribution in [0.15, 0.2) is 47.8 Å². The van der Waals surface area contributed by atoms with Crippen LogP contribution in [0.4, 0.5) is 4.79 Å². The second kappa shape index (κ2) is 7.18. The summed E-state index contributed by atoms with van der Waals surface area (Å²) < 4.78 is 6.05. The molecule has 1 atom stereocenters. The van der Waals surface area contributed by atoms with Crippen LogP contribution in [0.25, 0.3) is 0 Å². The molecule has 132 valence electrons. The molecule has 25 heavy (non-hydrogen) atoms. The van der Waals surface area contributed by atoms with Gasteiger partial charge >= 0.3 is 6.03 Å². The van der Waals surface area contributed by atoms with Gasteiger partial charge in [-0.25, -0.2) is 4.79 Å². The van der Waals surface area contributed by atoms with Crippen molar-refractivity contribution < 1.29 is 9.53 Å². The smallest absolute Gasteiger partial charge is 0.318 e. The van der Waals surface area contributed by atoms with Crippen LogP contribution in [-0.2, 0) is 4.74 Å². The fourth-order valence-electron chi connectivity index (χ4n) is 3.97. The average Bonchev–Trinajstić information content (AvgIpc) is 3.33. The Morgan fingerprint density at radius 2 is 1.96 bits per heavy atom. The minimum atomic E-state index is -0.101. The predicted molar refractivity (Wildman–Crippen MR) is 99.9 cm³/mol. The van der Waals surface area contributed by atoms with Crippen molar-refractivity contribution in [3.63, 3.8) is 0 Å². The number of morpholine rings is 1. The van der Waals surface area contributed by atoms with Crippen LogP contribution in [-0.4, -0.2) is 36.2 Å². The summed E-state index contributed by atoms with van der Waals surface area (Å²) in [7, 11) is 0. The molecule has 1 spiro atoms. The summed E-state index contributed by atoms with van der Waals surface area (Å²) in [6.45, 7) is 2.02. The SMILES string of the molecule is O=C(N[C@@H](c1ccccc1)c1cccs1)N1CCOC2(CCCC2)C1. The molecule has 0 unspecified atom stereocenters. The maximum absolute atomic E-state index is 13.0. The van der Waals surface area contributed by atoms with Gasteiger partial charge < -0.3 is 15.0 Å². The van der Waals surface area contributed by atoms with E-state index in [4.69, 9.17) is 4.74 Å². The van der Waals surface area contributed by atoms with Crippen molar-refractivity contribution in [2.75, 3.05) is 19.7 Å². The third-order valence-electron chi connectivity index (χ3n) is 5.28. The molecule has 1 aliphatic carbocycles. The predicted octanol–water partition coefficient (Wildman–Crippen LogP) is 4.19. The molecule has 1 saturated carbocycles. The third kappa shape index (κ3) is 3.58. The van der Waals surface area contributed by atoms with Gasteiger partial charge in [0.15, 0.2) is 0 Å². The number of benzene rings is 1. The highest BCUT2D eigenvalue weighted by Gasteiger charge is 2.40. The van der Waals surface area contributed by atoms with Crippen LogP contribution in [0, 0.1) is 0 Å². The van der Waals surface area contributed by atoms with E-state index in [1.54, 1.807) is 11.3 Å². The molecule has 1 saturated heterocycles. The van der Waals surface area contributed by atoms with E-state index in [2.05, 4.69) is 28.9 Å². The lowest BCUT2D eigenvalue weighted by Gasteiger charge is -2.40. The first kappa shape index (κ1) is 16.6. The van der Waals surface area contributed by atoms with Crippen molar-refractivity contribution in [3.05, 3.63) is 58.3 Å². The normalized spacial score (nSPS) is 20.6. The van der Waals surface area contributed by atoms with Crippen LogP contribution < -0.4 is 5.32 Å². The van der Waals surface area contributed by atoms with Crippen LogP contribution in [0.1, 0.15) is 42.2 Å². The van der Waals surface area contributed by atoms with Gasteiger partial charge in [0, 0.05) is 11.4 Å². The van der Waals surface area contributed by atoms with E-state index in [9.17, 15) is 4.79 Å². The molecule has 4 rings (SSSR count). The zero-order valence-corrected chi connectivity index (χ0v) is 15.1. The van der Waals surface area contributed by atoms with Gasteiger partial charge in [0.2, 0.25) is 0 Å². The topological polar surface area (TPSA) is 41.6 Å². The highest BCUT2D eigenvalue weighted by molar-refractivity contribution is 7.10. The van der Waals surface area contributed by atoms with Gasteiger partial charge in [0.25, 0.3) is 0 Å². The fourth-order valence-corrected chi connectivity index (χ4v) is 4.78. The first-order valence-electron chi connectivity index (χ1n) is 9.04. The van der Waals surface area contributed by atoms with E-state index in [0.717, 1.165) is 23.3 Å². The van der Waals surface area contributed by atoms with Crippen LogP contribution in [0.2, 0.25) is 0 Å². The number of carbonyl (C=O) groups excluding carboxylic acids is 1. The molecule has 1 aliphatic heterocycles. The molecule has 5 heteroatoms. The van der Waals surface area contributed by atoms with Crippen molar-refractivity contribution in [2.24, 2.45) is 0 Å². The molecule has 0 radical (unpaired) electrons. The molecule has 1 aromatic carbocycles. The summed E-state index contributed by atoms with van der Waals surface area (Å²) in [6.07, 6.45) is 4.56. The van der Waals surface area contributed by atoms with E-state index in [1.165, 1.54) is 12.8 Å². The van der Waals surface area contributed by atoms with Gasteiger partial charge in [0.05, 0.1) is 24.8 Å². The number of carbonyl (C=O) groups is 1. The summed E-state index contributed by atoms with van der Waals surface area (Å²) in [5.41, 5.74) is 1.02. The summed E-state index contributed by atoms with van der Waals surface area (Å²) in [5, 5.41) is 5.31. The number of nitrogens with zero attached hydrogens (tertiary/aromatic N) is 1. The first-order chi connectivity index (χ1) is 12.3. The third-order valence-corrected chi connectivity index (χ3v) is 6.22. The van der Waals surface area contributed by atoms with Crippen LogP contribution in [0.3, 0.4) is 0 Å². The second-order valence-corrected chi connectivity index (χ2v) is 7.95. The Kier molecular flexibility index (Phi) is 4.77.